The highest BCUT2D eigenvalue weighted by Crippen LogP contribution is 2.60. The second-order valence-corrected chi connectivity index (χ2v) is 10.5. The number of amides is 3. The van der Waals surface area contributed by atoms with Gasteiger partial charge in [-0.2, -0.15) is 0 Å². The molecule has 1 saturated heterocycles. The molecule has 0 aromatic heterocycles. The Bertz CT molecular complexity index is 687. The topological polar surface area (TPSA) is 111 Å². The van der Waals surface area contributed by atoms with Gasteiger partial charge in [-0.25, -0.2) is 9.59 Å². The minimum atomic E-state index is -0.553. The fourth-order valence-corrected chi connectivity index (χ4v) is 6.18. The molecule has 4 aliphatic carbocycles. The number of carbonyl (C=O) groups is 3. The molecule has 29 heavy (non-hydrogen) atoms. The van der Waals surface area contributed by atoms with Gasteiger partial charge in [0.1, 0.15) is 11.7 Å². The molecule has 8 heteroatoms. The van der Waals surface area contributed by atoms with Gasteiger partial charge in [0, 0.05) is 13.1 Å². The van der Waals surface area contributed by atoms with E-state index in [9.17, 15) is 14.4 Å². The predicted molar refractivity (Wildman–Crippen MR) is 105 cm³/mol. The third-order valence-electron chi connectivity index (χ3n) is 7.11. The Hall–Kier alpha value is -1.99. The van der Waals surface area contributed by atoms with E-state index in [0.29, 0.717) is 25.4 Å². The first kappa shape index (κ1) is 20.3. The fourth-order valence-electron chi connectivity index (χ4n) is 6.18. The maximum absolute atomic E-state index is 12.8. The summed E-state index contributed by atoms with van der Waals surface area (Å²) in [5.74, 6) is 0.813. The lowest BCUT2D eigenvalue weighted by molar-refractivity contribution is -0.161. The lowest BCUT2D eigenvalue weighted by Crippen LogP contribution is -2.59. The zero-order valence-electron chi connectivity index (χ0n) is 17.6. The summed E-state index contributed by atoms with van der Waals surface area (Å²) in [5.41, 5.74) is 4.80. The normalized spacial score (nSPS) is 38.0. The van der Waals surface area contributed by atoms with Gasteiger partial charge in [0.15, 0.2) is 0 Å². The van der Waals surface area contributed by atoms with Crippen molar-refractivity contribution in [2.75, 3.05) is 13.1 Å². The van der Waals surface area contributed by atoms with Crippen molar-refractivity contribution in [1.29, 1.82) is 0 Å². The Kier molecular flexibility index (Phi) is 4.94. The van der Waals surface area contributed by atoms with Crippen LogP contribution < -0.4 is 11.1 Å². The van der Waals surface area contributed by atoms with Gasteiger partial charge in [-0.15, -0.1) is 0 Å². The van der Waals surface area contributed by atoms with Crippen LogP contribution in [0.3, 0.4) is 0 Å². The number of alkyl carbamates (subject to hydrolysis) is 1. The smallest absolute Gasteiger partial charge is 0.410 e. The molecule has 162 valence electrons. The number of nitrogens with two attached hydrogens (primary N) is 1. The summed E-state index contributed by atoms with van der Waals surface area (Å²) in [7, 11) is 0. The highest BCUT2D eigenvalue weighted by atomic mass is 16.6. The van der Waals surface area contributed by atoms with E-state index in [4.69, 9.17) is 15.2 Å². The van der Waals surface area contributed by atoms with Crippen LogP contribution in [0.4, 0.5) is 9.59 Å². The van der Waals surface area contributed by atoms with Crippen LogP contribution >= 0.6 is 0 Å². The minimum absolute atomic E-state index is 0.121. The number of primary amides is 1. The van der Waals surface area contributed by atoms with Crippen LogP contribution in [-0.4, -0.2) is 53.8 Å². The van der Waals surface area contributed by atoms with E-state index in [1.807, 2.05) is 20.8 Å². The standard InChI is InChI=1S/C21H33N3O5/c1-20(2,3)29-18(26)23-15-4-5-24(11-15)19(27)28-16-13-6-12-7-14(16)10-21(8-12,9-13)17(22)25/h12-16H,4-11H2,1-3H3,(H2,22,25)(H,23,26)/t12?,13-,14?,15+,16?,21-/m0/s1. The predicted octanol–water partition coefficient (Wildman–Crippen LogP) is 2.40. The summed E-state index contributed by atoms with van der Waals surface area (Å²) < 4.78 is 11.2. The Morgan fingerprint density at radius 2 is 1.76 bits per heavy atom. The summed E-state index contributed by atoms with van der Waals surface area (Å²) in [4.78, 5) is 38.5. The maximum Gasteiger partial charge on any atom is 0.410 e. The SMILES string of the molecule is CC(C)(C)OC(=O)N[C@@H]1CCN(C(=O)OC2C3CC4C[C@H]2C[C@@](C(N)=O)(C4)C3)C1. The van der Waals surface area contributed by atoms with Gasteiger partial charge in [-0.1, -0.05) is 0 Å². The van der Waals surface area contributed by atoms with Crippen molar-refractivity contribution in [2.45, 2.75) is 77.0 Å². The number of rotatable bonds is 3. The molecule has 3 N–H and O–H groups in total. The molecule has 3 unspecified atom stereocenters. The number of hydrogen-bond acceptors (Lipinski definition) is 5. The monoisotopic (exact) mass is 407 g/mol. The van der Waals surface area contributed by atoms with E-state index in [2.05, 4.69) is 5.32 Å². The second-order valence-electron chi connectivity index (χ2n) is 10.5. The Morgan fingerprint density at radius 1 is 1.10 bits per heavy atom. The van der Waals surface area contributed by atoms with Crippen molar-refractivity contribution in [2.24, 2.45) is 28.9 Å². The molecule has 0 spiro atoms. The van der Waals surface area contributed by atoms with Crippen molar-refractivity contribution in [1.82, 2.24) is 10.2 Å². The molecule has 5 fully saturated rings. The molecule has 1 heterocycles. The Balaban J connectivity index is 1.31. The van der Waals surface area contributed by atoms with Gasteiger partial charge >= 0.3 is 12.2 Å². The minimum Gasteiger partial charge on any atom is -0.446 e. The summed E-state index contributed by atoms with van der Waals surface area (Å²) in [6.07, 6.45) is 4.22. The van der Waals surface area contributed by atoms with Gasteiger partial charge in [0.2, 0.25) is 5.91 Å². The number of nitrogens with zero attached hydrogens (tertiary/aromatic N) is 1. The quantitative estimate of drug-likeness (QED) is 0.746. The number of nitrogens with one attached hydrogen (secondary N) is 1. The number of carbonyl (C=O) groups excluding carboxylic acids is 3. The zero-order chi connectivity index (χ0) is 21.0. The van der Waals surface area contributed by atoms with Crippen LogP contribution in [0.25, 0.3) is 0 Å². The number of ether oxygens (including phenoxy) is 2. The highest BCUT2D eigenvalue weighted by molar-refractivity contribution is 5.81. The molecule has 4 bridgehead atoms. The van der Waals surface area contributed by atoms with Gasteiger partial charge in [-0.05, 0) is 77.0 Å². The number of hydrogen-bond donors (Lipinski definition) is 2. The van der Waals surface area contributed by atoms with Crippen molar-refractivity contribution in [3.05, 3.63) is 0 Å². The molecule has 0 aromatic rings. The van der Waals surface area contributed by atoms with E-state index in [0.717, 1.165) is 32.1 Å². The third kappa shape index (κ3) is 4.03. The van der Waals surface area contributed by atoms with Crippen LogP contribution in [0, 0.1) is 23.2 Å². The van der Waals surface area contributed by atoms with Crippen LogP contribution in [0.2, 0.25) is 0 Å². The molecular weight excluding hydrogens is 374 g/mol. The van der Waals surface area contributed by atoms with Gasteiger partial charge < -0.3 is 25.4 Å². The molecule has 1 aliphatic heterocycles. The third-order valence-corrected chi connectivity index (χ3v) is 7.11. The highest BCUT2D eigenvalue weighted by Gasteiger charge is 2.59. The lowest BCUT2D eigenvalue weighted by atomic mass is 9.48. The maximum atomic E-state index is 12.8. The van der Waals surface area contributed by atoms with Crippen LogP contribution in [0.1, 0.15) is 59.3 Å². The van der Waals surface area contributed by atoms with Crippen molar-refractivity contribution in [3.63, 3.8) is 0 Å². The van der Waals surface area contributed by atoms with Crippen LogP contribution in [0.5, 0.6) is 0 Å². The molecule has 8 nitrogen and oxygen atoms in total. The first-order valence-corrected chi connectivity index (χ1v) is 10.8. The van der Waals surface area contributed by atoms with Crippen molar-refractivity contribution >= 4 is 18.1 Å². The first-order valence-electron chi connectivity index (χ1n) is 10.8. The van der Waals surface area contributed by atoms with Gasteiger partial charge in [0.05, 0.1) is 11.5 Å². The van der Waals surface area contributed by atoms with Crippen LogP contribution in [-0.2, 0) is 14.3 Å². The first-order chi connectivity index (χ1) is 13.5. The summed E-state index contributed by atoms with van der Waals surface area (Å²) in [5, 5.41) is 2.83. The molecule has 0 aromatic carbocycles. The van der Waals surface area contributed by atoms with Crippen LogP contribution in [0.15, 0.2) is 0 Å². The molecular formula is C21H33N3O5. The molecule has 6 atom stereocenters. The van der Waals surface area contributed by atoms with Gasteiger partial charge in [-0.3, -0.25) is 4.79 Å². The summed E-state index contributed by atoms with van der Waals surface area (Å²) >= 11 is 0. The van der Waals surface area contributed by atoms with Crippen molar-refractivity contribution in [3.8, 4) is 0 Å². The van der Waals surface area contributed by atoms with Crippen molar-refractivity contribution < 1.29 is 23.9 Å². The van der Waals surface area contributed by atoms with E-state index >= 15 is 0 Å². The molecule has 5 rings (SSSR count). The zero-order valence-corrected chi connectivity index (χ0v) is 17.6. The molecule has 3 amide bonds. The largest absolute Gasteiger partial charge is 0.446 e. The number of likely N-dealkylation sites (tertiary alicyclic amines) is 1. The second kappa shape index (κ2) is 7.06. The molecule has 4 saturated carbocycles. The lowest BCUT2D eigenvalue weighted by Gasteiger charge is -2.58. The Morgan fingerprint density at radius 3 is 2.34 bits per heavy atom. The average Bonchev–Trinajstić information content (AvgIpc) is 3.04. The summed E-state index contributed by atoms with van der Waals surface area (Å²) in [6, 6.07) is -0.131. The molecule has 5 aliphatic rings. The summed E-state index contributed by atoms with van der Waals surface area (Å²) in [6.45, 7) is 6.43. The Labute approximate surface area is 171 Å². The fraction of sp³-hybridized carbons (Fsp3) is 0.857. The van der Waals surface area contributed by atoms with Gasteiger partial charge in [0.25, 0.3) is 0 Å². The average molecular weight is 408 g/mol. The van der Waals surface area contributed by atoms with E-state index in [-0.39, 0.29) is 41.4 Å². The van der Waals surface area contributed by atoms with E-state index < -0.39 is 11.7 Å². The van der Waals surface area contributed by atoms with E-state index in [1.54, 1.807) is 4.90 Å². The molecule has 0 radical (unpaired) electrons. The van der Waals surface area contributed by atoms with E-state index in [1.165, 1.54) is 0 Å².